The minimum Gasteiger partial charge on any atom is -0.480 e. The number of nitrogens with zero attached hydrogens (tertiary/aromatic N) is 3. The van der Waals surface area contributed by atoms with E-state index in [9.17, 15) is 14.7 Å². The number of aliphatic carboxylic acids is 1. The molecule has 7 heteroatoms. The molecule has 21 heavy (non-hydrogen) atoms. The number of amides is 2. The summed E-state index contributed by atoms with van der Waals surface area (Å²) in [5, 5.41) is 17.9. The zero-order valence-corrected chi connectivity index (χ0v) is 12.1. The number of benzene rings is 1. The summed E-state index contributed by atoms with van der Waals surface area (Å²) in [6, 6.07) is 9.82. The summed E-state index contributed by atoms with van der Waals surface area (Å²) in [5.74, 6) is -0.255. The number of hydrogen-bond acceptors (Lipinski definition) is 4. The summed E-state index contributed by atoms with van der Waals surface area (Å²) in [5.41, 5.74) is 0.666. The molecule has 0 aliphatic carbocycles. The molecule has 1 aliphatic heterocycles. The van der Waals surface area contributed by atoms with E-state index in [-0.39, 0.29) is 19.0 Å². The van der Waals surface area contributed by atoms with Crippen molar-refractivity contribution in [3.05, 3.63) is 30.3 Å². The Balaban J connectivity index is 2.22. The Hall–Kier alpha value is -2.20. The van der Waals surface area contributed by atoms with E-state index in [1.54, 1.807) is 24.3 Å². The van der Waals surface area contributed by atoms with Gasteiger partial charge in [0.05, 0.1) is 18.4 Å². The maximum Gasteiger partial charge on any atom is 0.327 e. The average Bonchev–Trinajstić information content (AvgIpc) is 2.98. The fraction of sp³-hybridized carbons (Fsp3) is 0.357. The Morgan fingerprint density at radius 2 is 2.14 bits per heavy atom. The van der Waals surface area contributed by atoms with E-state index in [1.807, 2.05) is 12.1 Å². The third-order valence-corrected chi connectivity index (χ3v) is 4.17. The molecular formula is C14H15N3O3S. The molecule has 0 saturated carbocycles. The van der Waals surface area contributed by atoms with E-state index in [0.29, 0.717) is 17.3 Å². The van der Waals surface area contributed by atoms with Gasteiger partial charge in [-0.2, -0.15) is 5.26 Å². The standard InChI is InChI=1S/C14H15N3O3S/c15-7-4-8-16(11-5-2-1-3-6-11)14(20)17-10-21-9-12(17)13(18)19/h1-3,5-6,12H,4,8-10H2,(H,18,19). The van der Waals surface area contributed by atoms with Crippen molar-refractivity contribution >= 4 is 29.4 Å². The monoisotopic (exact) mass is 305 g/mol. The highest BCUT2D eigenvalue weighted by Gasteiger charge is 2.37. The highest BCUT2D eigenvalue weighted by molar-refractivity contribution is 7.99. The molecule has 6 nitrogen and oxygen atoms in total. The van der Waals surface area contributed by atoms with Crippen LogP contribution in [0.3, 0.4) is 0 Å². The molecule has 0 aromatic heterocycles. The topological polar surface area (TPSA) is 84.6 Å². The predicted molar refractivity (Wildman–Crippen MR) is 80.0 cm³/mol. The summed E-state index contributed by atoms with van der Waals surface area (Å²) in [6.07, 6.45) is 0.194. The molecular weight excluding hydrogens is 290 g/mol. The van der Waals surface area contributed by atoms with Gasteiger partial charge in [-0.15, -0.1) is 11.8 Å². The number of carboxylic acid groups (broad SMARTS) is 1. The van der Waals surface area contributed by atoms with Crippen LogP contribution in [0.5, 0.6) is 0 Å². The van der Waals surface area contributed by atoms with Crippen molar-refractivity contribution < 1.29 is 14.7 Å². The van der Waals surface area contributed by atoms with Gasteiger partial charge < -0.3 is 10.0 Å². The van der Waals surface area contributed by atoms with Gasteiger partial charge in [-0.25, -0.2) is 9.59 Å². The Morgan fingerprint density at radius 3 is 2.76 bits per heavy atom. The van der Waals surface area contributed by atoms with Gasteiger partial charge in [0.1, 0.15) is 6.04 Å². The van der Waals surface area contributed by atoms with Gasteiger partial charge in [-0.05, 0) is 12.1 Å². The second-order valence-corrected chi connectivity index (χ2v) is 5.50. The Labute approximate surface area is 126 Å². The molecule has 1 heterocycles. The molecule has 110 valence electrons. The van der Waals surface area contributed by atoms with Crippen LogP contribution < -0.4 is 4.90 Å². The molecule has 0 bridgehead atoms. The lowest BCUT2D eigenvalue weighted by Gasteiger charge is -2.29. The largest absolute Gasteiger partial charge is 0.480 e. The molecule has 2 amide bonds. The predicted octanol–water partition coefficient (Wildman–Crippen LogP) is 1.99. The summed E-state index contributed by atoms with van der Waals surface area (Å²) in [6.45, 7) is 0.243. The first-order chi connectivity index (χ1) is 10.1. The number of para-hydroxylation sites is 1. The minimum atomic E-state index is -0.998. The maximum absolute atomic E-state index is 12.6. The van der Waals surface area contributed by atoms with Crippen LogP contribution in [0.15, 0.2) is 30.3 Å². The van der Waals surface area contributed by atoms with E-state index < -0.39 is 12.0 Å². The second kappa shape index (κ2) is 6.99. The van der Waals surface area contributed by atoms with Gasteiger partial charge in [0, 0.05) is 18.0 Å². The molecule has 1 atom stereocenters. The van der Waals surface area contributed by atoms with Gasteiger partial charge >= 0.3 is 12.0 Å². The van der Waals surface area contributed by atoms with Crippen molar-refractivity contribution in [2.75, 3.05) is 23.1 Å². The van der Waals surface area contributed by atoms with Crippen LogP contribution in [0.4, 0.5) is 10.5 Å². The lowest BCUT2D eigenvalue weighted by atomic mass is 10.2. The number of anilines is 1. The van der Waals surface area contributed by atoms with Crippen LogP contribution >= 0.6 is 11.8 Å². The lowest BCUT2D eigenvalue weighted by Crippen LogP contribution is -2.49. The van der Waals surface area contributed by atoms with Crippen molar-refractivity contribution in [3.8, 4) is 6.07 Å². The normalized spacial score (nSPS) is 17.3. The number of thioether (sulfide) groups is 1. The molecule has 1 N–H and O–H groups in total. The molecule has 1 unspecified atom stereocenters. The van der Waals surface area contributed by atoms with Crippen molar-refractivity contribution in [2.45, 2.75) is 12.5 Å². The first kappa shape index (κ1) is 15.2. The Bertz CT molecular complexity index is 558. The second-order valence-electron chi connectivity index (χ2n) is 4.50. The third kappa shape index (κ3) is 3.47. The quantitative estimate of drug-likeness (QED) is 0.919. The Morgan fingerprint density at radius 1 is 1.43 bits per heavy atom. The van der Waals surface area contributed by atoms with Crippen LogP contribution in [0.1, 0.15) is 6.42 Å². The van der Waals surface area contributed by atoms with E-state index in [2.05, 4.69) is 0 Å². The van der Waals surface area contributed by atoms with Crippen LogP contribution in [-0.2, 0) is 4.79 Å². The maximum atomic E-state index is 12.6. The fourth-order valence-corrected chi connectivity index (χ4v) is 3.23. The first-order valence-electron chi connectivity index (χ1n) is 6.46. The van der Waals surface area contributed by atoms with Gasteiger partial charge in [0.25, 0.3) is 0 Å². The SMILES string of the molecule is N#CCCN(C(=O)N1CSCC1C(=O)O)c1ccccc1. The third-order valence-electron chi connectivity index (χ3n) is 3.16. The van der Waals surface area contributed by atoms with Crippen molar-refractivity contribution in [1.82, 2.24) is 4.90 Å². The average molecular weight is 305 g/mol. The molecule has 1 aromatic carbocycles. The van der Waals surface area contributed by atoms with E-state index in [4.69, 9.17) is 5.26 Å². The van der Waals surface area contributed by atoms with Gasteiger partial charge in [-0.3, -0.25) is 4.90 Å². The molecule has 2 rings (SSSR count). The van der Waals surface area contributed by atoms with Crippen LogP contribution in [-0.4, -0.2) is 46.2 Å². The van der Waals surface area contributed by atoms with Crippen molar-refractivity contribution in [1.29, 1.82) is 5.26 Å². The summed E-state index contributed by atoms with van der Waals surface area (Å²) in [4.78, 5) is 26.7. The first-order valence-corrected chi connectivity index (χ1v) is 7.61. The number of nitriles is 1. The molecule has 1 fully saturated rings. The highest BCUT2D eigenvalue weighted by Crippen LogP contribution is 2.25. The van der Waals surface area contributed by atoms with E-state index in [0.717, 1.165) is 0 Å². The van der Waals surface area contributed by atoms with Crippen molar-refractivity contribution in [3.63, 3.8) is 0 Å². The van der Waals surface area contributed by atoms with Gasteiger partial charge in [-0.1, -0.05) is 18.2 Å². The molecule has 0 spiro atoms. The fourth-order valence-electron chi connectivity index (χ4n) is 2.10. The number of urea groups is 1. The van der Waals surface area contributed by atoms with Gasteiger partial charge in [0.2, 0.25) is 0 Å². The van der Waals surface area contributed by atoms with Crippen LogP contribution in [0, 0.1) is 11.3 Å². The number of carbonyl (C=O) groups is 2. The summed E-state index contributed by atoms with van der Waals surface area (Å²) < 4.78 is 0. The van der Waals surface area contributed by atoms with Crippen LogP contribution in [0.25, 0.3) is 0 Å². The van der Waals surface area contributed by atoms with E-state index >= 15 is 0 Å². The summed E-state index contributed by atoms with van der Waals surface area (Å²) in [7, 11) is 0. The minimum absolute atomic E-state index is 0.194. The molecule has 0 radical (unpaired) electrons. The number of hydrogen-bond donors (Lipinski definition) is 1. The molecule has 1 aromatic rings. The zero-order valence-electron chi connectivity index (χ0n) is 11.3. The molecule has 1 aliphatic rings. The zero-order chi connectivity index (χ0) is 15.2. The highest BCUT2D eigenvalue weighted by atomic mass is 32.2. The lowest BCUT2D eigenvalue weighted by molar-refractivity contribution is -0.140. The molecule has 1 saturated heterocycles. The van der Waals surface area contributed by atoms with Gasteiger partial charge in [0.15, 0.2) is 0 Å². The van der Waals surface area contributed by atoms with Crippen molar-refractivity contribution in [2.24, 2.45) is 0 Å². The smallest absolute Gasteiger partial charge is 0.327 e. The van der Waals surface area contributed by atoms with E-state index in [1.165, 1.54) is 21.6 Å². The Kier molecular flexibility index (Phi) is 5.06. The van der Waals surface area contributed by atoms with Crippen LogP contribution in [0.2, 0.25) is 0 Å². The number of carbonyl (C=O) groups excluding carboxylic acids is 1. The summed E-state index contributed by atoms with van der Waals surface area (Å²) >= 11 is 1.42. The number of carboxylic acids is 1. The number of rotatable bonds is 4.